The summed E-state index contributed by atoms with van der Waals surface area (Å²) in [5, 5.41) is 14.3. The SMILES string of the molecule is CSc1ncc(Cl)nc1C(=O)N1c2cccc(O)c2NC2=C(C1c1ccc(OCc3ccccc3)cc1F)S(=O)(=O)CC(C)(C)C2. The average Bonchev–Trinajstić information content (AvgIpc) is 3.15. The van der Waals surface area contributed by atoms with E-state index in [-0.39, 0.29) is 73.7 Å². The molecule has 238 valence electrons. The number of thioether (sulfide) groups is 1. The summed E-state index contributed by atoms with van der Waals surface area (Å²) in [6.07, 6.45) is 3.26. The van der Waals surface area contributed by atoms with Gasteiger partial charge in [0.15, 0.2) is 15.5 Å². The number of amides is 1. The third-order valence-corrected chi connectivity index (χ3v) is 10.9. The van der Waals surface area contributed by atoms with Crippen molar-refractivity contribution in [3.05, 3.63) is 111 Å². The second-order valence-electron chi connectivity index (χ2n) is 11.8. The molecule has 0 bridgehead atoms. The summed E-state index contributed by atoms with van der Waals surface area (Å²) < 4.78 is 50.7. The number of anilines is 2. The van der Waals surface area contributed by atoms with E-state index in [0.717, 1.165) is 22.2 Å². The van der Waals surface area contributed by atoms with E-state index in [2.05, 4.69) is 15.3 Å². The molecule has 0 spiro atoms. The number of nitrogens with zero attached hydrogens (tertiary/aromatic N) is 3. The number of aromatic hydroxyl groups is 1. The van der Waals surface area contributed by atoms with E-state index in [0.29, 0.717) is 0 Å². The number of benzene rings is 3. The molecule has 6 rings (SSSR count). The Morgan fingerprint density at radius 2 is 1.93 bits per heavy atom. The van der Waals surface area contributed by atoms with E-state index < -0.39 is 33.0 Å². The number of para-hydroxylation sites is 1. The van der Waals surface area contributed by atoms with Crippen LogP contribution in [0.1, 0.15) is 47.9 Å². The first-order chi connectivity index (χ1) is 21.9. The molecule has 0 aliphatic carbocycles. The van der Waals surface area contributed by atoms with Crippen LogP contribution in [0.3, 0.4) is 0 Å². The second-order valence-corrected chi connectivity index (χ2v) is 15.0. The number of aromatic nitrogens is 2. The summed E-state index contributed by atoms with van der Waals surface area (Å²) in [4.78, 5) is 24.2. The minimum Gasteiger partial charge on any atom is -0.506 e. The highest BCUT2D eigenvalue weighted by atomic mass is 35.5. The zero-order valence-corrected chi connectivity index (χ0v) is 27.5. The molecule has 1 aromatic heterocycles. The predicted octanol–water partition coefficient (Wildman–Crippen LogP) is 7.15. The normalized spacial score (nSPS) is 18.2. The van der Waals surface area contributed by atoms with E-state index in [1.807, 2.05) is 44.2 Å². The lowest BCUT2D eigenvalue weighted by Crippen LogP contribution is -2.41. The highest BCUT2D eigenvalue weighted by Crippen LogP contribution is 2.52. The Kier molecular flexibility index (Phi) is 8.47. The van der Waals surface area contributed by atoms with Crippen molar-refractivity contribution in [2.45, 2.75) is 37.9 Å². The number of rotatable bonds is 6. The number of fused-ring (bicyclic) bond motifs is 1. The van der Waals surface area contributed by atoms with Crippen molar-refractivity contribution >= 4 is 50.5 Å². The first-order valence-corrected chi connectivity index (χ1v) is 17.5. The van der Waals surface area contributed by atoms with Gasteiger partial charge in [0.1, 0.15) is 45.8 Å². The van der Waals surface area contributed by atoms with Crippen molar-refractivity contribution in [2.75, 3.05) is 22.2 Å². The lowest BCUT2D eigenvalue weighted by molar-refractivity contribution is 0.0971. The Bertz CT molecular complexity index is 1990. The molecule has 0 radical (unpaired) electrons. The van der Waals surface area contributed by atoms with Crippen LogP contribution < -0.4 is 15.0 Å². The lowest BCUT2D eigenvalue weighted by atomic mass is 9.88. The molecular formula is C33H30ClFN4O5S2. The number of allylic oxidation sites excluding steroid dienone is 1. The minimum absolute atomic E-state index is 0.0557. The van der Waals surface area contributed by atoms with Gasteiger partial charge < -0.3 is 15.2 Å². The van der Waals surface area contributed by atoms with E-state index in [9.17, 15) is 18.3 Å². The first kappa shape index (κ1) is 31.8. The van der Waals surface area contributed by atoms with Gasteiger partial charge in [-0.1, -0.05) is 61.8 Å². The van der Waals surface area contributed by atoms with Crippen molar-refractivity contribution in [3.8, 4) is 11.5 Å². The summed E-state index contributed by atoms with van der Waals surface area (Å²) in [6, 6.07) is 16.5. The van der Waals surface area contributed by atoms with Crippen molar-refractivity contribution in [1.29, 1.82) is 0 Å². The van der Waals surface area contributed by atoms with Gasteiger partial charge in [0.25, 0.3) is 5.91 Å². The second kappa shape index (κ2) is 12.2. The predicted molar refractivity (Wildman–Crippen MR) is 176 cm³/mol. The number of carbonyl (C=O) groups is 1. The quantitative estimate of drug-likeness (QED) is 0.162. The monoisotopic (exact) mass is 680 g/mol. The van der Waals surface area contributed by atoms with Crippen LogP contribution in [0, 0.1) is 11.2 Å². The van der Waals surface area contributed by atoms with E-state index in [4.69, 9.17) is 16.3 Å². The van der Waals surface area contributed by atoms with Gasteiger partial charge in [-0.3, -0.25) is 9.69 Å². The highest BCUT2D eigenvalue weighted by molar-refractivity contribution is 7.98. The standard InChI is InChI=1S/C33H30ClFN4O5S2/c1-33(2)15-23-30(46(42,43)18-33)29(21-13-12-20(14-22(21)35)44-17-19-8-5-4-6-9-19)39(24-10-7-11-25(40)27(24)37-23)32(41)28-31(45-3)36-16-26(34)38-28/h4-14,16,29,37,40H,15,17-18H2,1-3H3. The zero-order valence-electron chi connectivity index (χ0n) is 25.1. The van der Waals surface area contributed by atoms with Gasteiger partial charge in [-0.05, 0) is 47.9 Å². The van der Waals surface area contributed by atoms with Gasteiger partial charge in [0.05, 0.1) is 22.5 Å². The number of ether oxygens (including phenoxy) is 1. The number of halogens is 2. The maximum atomic E-state index is 16.4. The van der Waals surface area contributed by atoms with Crippen molar-refractivity contribution in [1.82, 2.24) is 9.97 Å². The van der Waals surface area contributed by atoms with Crippen LogP contribution in [-0.2, 0) is 16.4 Å². The number of carbonyl (C=O) groups excluding carboxylic acids is 1. The van der Waals surface area contributed by atoms with Gasteiger partial charge in [0.2, 0.25) is 0 Å². The molecule has 46 heavy (non-hydrogen) atoms. The van der Waals surface area contributed by atoms with Gasteiger partial charge in [0, 0.05) is 17.3 Å². The maximum Gasteiger partial charge on any atom is 0.280 e. The molecular weight excluding hydrogens is 651 g/mol. The largest absolute Gasteiger partial charge is 0.506 e. The van der Waals surface area contributed by atoms with Crippen LogP contribution in [0.25, 0.3) is 0 Å². The van der Waals surface area contributed by atoms with Crippen molar-refractivity contribution < 1.29 is 27.4 Å². The van der Waals surface area contributed by atoms with Crippen LogP contribution in [0.5, 0.6) is 11.5 Å². The summed E-state index contributed by atoms with van der Waals surface area (Å²) in [5.74, 6) is -1.81. The summed E-state index contributed by atoms with van der Waals surface area (Å²) in [7, 11) is -4.11. The van der Waals surface area contributed by atoms with Crippen LogP contribution >= 0.6 is 23.4 Å². The Hall–Kier alpha value is -4.13. The van der Waals surface area contributed by atoms with Crippen LogP contribution in [0.4, 0.5) is 15.8 Å². The molecule has 1 unspecified atom stereocenters. The molecule has 2 N–H and O–H groups in total. The minimum atomic E-state index is -4.11. The van der Waals surface area contributed by atoms with Gasteiger partial charge >= 0.3 is 0 Å². The highest BCUT2D eigenvalue weighted by Gasteiger charge is 2.48. The fourth-order valence-electron chi connectivity index (χ4n) is 5.93. The van der Waals surface area contributed by atoms with Crippen LogP contribution in [0.15, 0.2) is 88.6 Å². The molecule has 2 aliphatic heterocycles. The maximum absolute atomic E-state index is 16.4. The van der Waals surface area contributed by atoms with Crippen molar-refractivity contribution in [2.24, 2.45) is 5.41 Å². The van der Waals surface area contributed by atoms with Gasteiger partial charge in [-0.25, -0.2) is 22.8 Å². The van der Waals surface area contributed by atoms with E-state index >= 15 is 4.39 Å². The summed E-state index contributed by atoms with van der Waals surface area (Å²) >= 11 is 7.34. The third-order valence-electron chi connectivity index (χ3n) is 7.77. The number of phenolic OH excluding ortho intramolecular Hbond substituents is 1. The molecule has 3 aromatic carbocycles. The number of phenols is 1. The van der Waals surface area contributed by atoms with E-state index in [1.54, 1.807) is 12.3 Å². The van der Waals surface area contributed by atoms with E-state index in [1.165, 1.54) is 36.5 Å². The molecule has 4 aromatic rings. The van der Waals surface area contributed by atoms with Crippen LogP contribution in [0.2, 0.25) is 5.15 Å². The Balaban J connectivity index is 1.58. The Labute approximate surface area is 275 Å². The summed E-state index contributed by atoms with van der Waals surface area (Å²) in [6.45, 7) is 3.82. The Morgan fingerprint density at radius 1 is 1.17 bits per heavy atom. The lowest BCUT2D eigenvalue weighted by Gasteiger charge is -2.37. The number of hydrogen-bond acceptors (Lipinski definition) is 9. The molecule has 13 heteroatoms. The van der Waals surface area contributed by atoms with Gasteiger partial charge in [-0.2, -0.15) is 0 Å². The molecule has 1 amide bonds. The van der Waals surface area contributed by atoms with Crippen molar-refractivity contribution in [3.63, 3.8) is 0 Å². The summed E-state index contributed by atoms with van der Waals surface area (Å²) in [5.41, 5.74) is 0.419. The number of sulfone groups is 1. The molecule has 0 saturated heterocycles. The van der Waals surface area contributed by atoms with Crippen LogP contribution in [-0.4, -0.2) is 41.4 Å². The molecule has 3 heterocycles. The third kappa shape index (κ3) is 6.04. The molecule has 2 aliphatic rings. The number of nitrogens with one attached hydrogen (secondary N) is 1. The molecule has 0 fully saturated rings. The number of hydrogen-bond donors (Lipinski definition) is 2. The molecule has 1 atom stereocenters. The molecule has 0 saturated carbocycles. The Morgan fingerprint density at radius 3 is 2.65 bits per heavy atom. The first-order valence-electron chi connectivity index (χ1n) is 14.3. The molecule has 9 nitrogen and oxygen atoms in total. The smallest absolute Gasteiger partial charge is 0.280 e. The topological polar surface area (TPSA) is 122 Å². The van der Waals surface area contributed by atoms with Gasteiger partial charge in [-0.15, -0.1) is 11.8 Å². The fourth-order valence-corrected chi connectivity index (χ4v) is 8.90. The fraction of sp³-hybridized carbons (Fsp3) is 0.242. The average molecular weight is 681 g/mol. The zero-order chi connectivity index (χ0) is 32.8.